The maximum absolute atomic E-state index is 12.8. The normalized spacial score (nSPS) is 13.1. The average molecular weight is 512 g/mol. The van der Waals surface area contributed by atoms with E-state index >= 15 is 0 Å². The van der Waals surface area contributed by atoms with Crippen molar-refractivity contribution in [3.8, 4) is 11.5 Å². The molecule has 1 amide bonds. The third kappa shape index (κ3) is 8.12. The average Bonchev–Trinajstić information content (AvgIpc) is 3.29. The van der Waals surface area contributed by atoms with Gasteiger partial charge in [0, 0.05) is 39.1 Å². The van der Waals surface area contributed by atoms with Gasteiger partial charge in [-0.15, -0.1) is 0 Å². The highest BCUT2D eigenvalue weighted by atomic mass is 16.5. The van der Waals surface area contributed by atoms with Gasteiger partial charge in [-0.05, 0) is 69.4 Å². The summed E-state index contributed by atoms with van der Waals surface area (Å²) < 4.78 is 16.6. The molecule has 0 aromatic heterocycles. The van der Waals surface area contributed by atoms with Crippen molar-refractivity contribution < 1.29 is 23.8 Å². The Labute approximate surface area is 220 Å². The van der Waals surface area contributed by atoms with E-state index in [1.54, 1.807) is 7.05 Å². The number of nitrogens with one attached hydrogen (secondary N) is 2. The van der Waals surface area contributed by atoms with E-state index in [0.717, 1.165) is 48.7 Å². The number of fused-ring (bicyclic) bond motifs is 1. The second-order valence-corrected chi connectivity index (χ2v) is 9.16. The fourth-order valence-corrected chi connectivity index (χ4v) is 4.72. The molecule has 0 radical (unpaired) electrons. The number of carbonyl (C=O) groups is 2. The quantitative estimate of drug-likeness (QED) is 0.278. The Hall–Kier alpha value is -3.26. The predicted octanol–water partition coefficient (Wildman–Crippen LogP) is 3.75. The van der Waals surface area contributed by atoms with Crippen LogP contribution in [0, 0.1) is 0 Å². The Bertz CT molecular complexity index is 1040. The van der Waals surface area contributed by atoms with Gasteiger partial charge in [-0.2, -0.15) is 0 Å². The Balaban J connectivity index is 1.57. The summed E-state index contributed by atoms with van der Waals surface area (Å²) in [5.74, 6) is 1.25. The van der Waals surface area contributed by atoms with Crippen molar-refractivity contribution >= 4 is 17.6 Å². The lowest BCUT2D eigenvalue weighted by molar-refractivity contribution is -0.143. The Kier molecular flexibility index (Phi) is 11.1. The minimum Gasteiger partial charge on any atom is -0.490 e. The van der Waals surface area contributed by atoms with Crippen LogP contribution in [0.25, 0.3) is 0 Å². The van der Waals surface area contributed by atoms with E-state index in [1.165, 1.54) is 5.56 Å². The minimum atomic E-state index is -0.172. The molecule has 0 bridgehead atoms. The number of esters is 1. The van der Waals surface area contributed by atoms with E-state index in [2.05, 4.69) is 28.5 Å². The number of rotatable bonds is 15. The number of carbonyl (C=O) groups excluding carboxylic acids is 2. The molecule has 1 aliphatic rings. The first-order valence-electron chi connectivity index (χ1n) is 13.3. The molecule has 0 saturated heterocycles. The second kappa shape index (κ2) is 14.5. The van der Waals surface area contributed by atoms with Crippen LogP contribution in [0.5, 0.6) is 11.5 Å². The van der Waals surface area contributed by atoms with E-state index in [1.807, 2.05) is 44.2 Å². The van der Waals surface area contributed by atoms with Gasteiger partial charge >= 0.3 is 5.97 Å². The minimum absolute atomic E-state index is 0.0858. The lowest BCUT2D eigenvalue weighted by atomic mass is 9.98. The lowest BCUT2D eigenvalue weighted by Crippen LogP contribution is -2.32. The SMILES string of the molecule is CCOC(=O)CCCN1CCc2cc(CC(C)NCCOc3ccccc3OCC)cc(C(=O)NC)c21. The van der Waals surface area contributed by atoms with Crippen LogP contribution in [0.1, 0.15) is 55.1 Å². The molecule has 0 aliphatic carbocycles. The predicted molar refractivity (Wildman–Crippen MR) is 146 cm³/mol. The van der Waals surface area contributed by atoms with Gasteiger partial charge in [0.25, 0.3) is 5.91 Å². The van der Waals surface area contributed by atoms with E-state index in [-0.39, 0.29) is 17.9 Å². The zero-order valence-electron chi connectivity index (χ0n) is 22.6. The first kappa shape index (κ1) is 28.3. The highest BCUT2D eigenvalue weighted by Crippen LogP contribution is 2.34. The number of hydrogen-bond donors (Lipinski definition) is 2. The standard InChI is InChI=1S/C29H41N3O5/c1-5-35-25-10-7-8-11-26(25)37-17-14-31-21(3)18-22-19-23-13-16-32(15-9-12-27(33)36-6-2)28(23)24(20-22)29(34)30-4/h7-8,10-11,19-21,31H,5-6,9,12-18H2,1-4H3,(H,30,34). The second-order valence-electron chi connectivity index (χ2n) is 9.16. The zero-order valence-corrected chi connectivity index (χ0v) is 22.6. The molecule has 202 valence electrons. The molecule has 2 N–H and O–H groups in total. The van der Waals surface area contributed by atoms with E-state index in [9.17, 15) is 9.59 Å². The van der Waals surface area contributed by atoms with Crippen LogP contribution in [0.4, 0.5) is 5.69 Å². The molecule has 0 fully saturated rings. The summed E-state index contributed by atoms with van der Waals surface area (Å²) in [5, 5.41) is 6.31. The number of anilines is 1. The fraction of sp³-hybridized carbons (Fsp3) is 0.517. The van der Waals surface area contributed by atoms with Gasteiger partial charge in [0.05, 0.1) is 24.5 Å². The van der Waals surface area contributed by atoms with Gasteiger partial charge in [0.15, 0.2) is 11.5 Å². The third-order valence-electron chi connectivity index (χ3n) is 6.35. The van der Waals surface area contributed by atoms with Crippen molar-refractivity contribution in [2.45, 2.75) is 52.5 Å². The third-order valence-corrected chi connectivity index (χ3v) is 6.35. The molecular formula is C29H41N3O5. The van der Waals surface area contributed by atoms with E-state index < -0.39 is 0 Å². The van der Waals surface area contributed by atoms with Crippen molar-refractivity contribution in [2.24, 2.45) is 0 Å². The summed E-state index contributed by atoms with van der Waals surface area (Å²) >= 11 is 0. The fourth-order valence-electron chi connectivity index (χ4n) is 4.72. The highest BCUT2D eigenvalue weighted by Gasteiger charge is 2.26. The van der Waals surface area contributed by atoms with Crippen LogP contribution >= 0.6 is 0 Å². The Morgan fingerprint density at radius 1 is 1.08 bits per heavy atom. The number of benzene rings is 2. The molecular weight excluding hydrogens is 470 g/mol. The molecule has 2 aromatic carbocycles. The van der Waals surface area contributed by atoms with Crippen molar-refractivity contribution in [1.82, 2.24) is 10.6 Å². The van der Waals surface area contributed by atoms with Crippen LogP contribution in [-0.4, -0.2) is 64.4 Å². The number of nitrogens with zero attached hydrogens (tertiary/aromatic N) is 1. The van der Waals surface area contributed by atoms with Gasteiger partial charge in [-0.1, -0.05) is 18.2 Å². The lowest BCUT2D eigenvalue weighted by Gasteiger charge is -2.23. The molecule has 3 rings (SSSR count). The van der Waals surface area contributed by atoms with Crippen molar-refractivity contribution in [3.63, 3.8) is 0 Å². The maximum Gasteiger partial charge on any atom is 0.305 e. The first-order valence-corrected chi connectivity index (χ1v) is 13.3. The summed E-state index contributed by atoms with van der Waals surface area (Å²) in [7, 11) is 1.66. The Morgan fingerprint density at radius 3 is 2.54 bits per heavy atom. The number of hydrogen-bond acceptors (Lipinski definition) is 7. The monoisotopic (exact) mass is 511 g/mol. The van der Waals surface area contributed by atoms with Gasteiger partial charge < -0.3 is 29.7 Å². The molecule has 1 heterocycles. The van der Waals surface area contributed by atoms with E-state index in [0.29, 0.717) is 44.8 Å². The maximum atomic E-state index is 12.8. The molecule has 0 saturated carbocycles. The molecule has 8 nitrogen and oxygen atoms in total. The number of amides is 1. The molecule has 2 aromatic rings. The van der Waals surface area contributed by atoms with Crippen molar-refractivity contribution in [3.05, 3.63) is 53.1 Å². The van der Waals surface area contributed by atoms with Gasteiger partial charge in [-0.25, -0.2) is 0 Å². The largest absolute Gasteiger partial charge is 0.490 e. The molecule has 0 spiro atoms. The van der Waals surface area contributed by atoms with Crippen molar-refractivity contribution in [1.29, 1.82) is 0 Å². The van der Waals surface area contributed by atoms with Crippen LogP contribution in [0.3, 0.4) is 0 Å². The van der Waals surface area contributed by atoms with Gasteiger partial charge in [0.1, 0.15) is 6.61 Å². The van der Waals surface area contributed by atoms with Crippen LogP contribution in [0.15, 0.2) is 36.4 Å². The molecule has 1 aliphatic heterocycles. The summed E-state index contributed by atoms with van der Waals surface area (Å²) in [5.41, 5.74) is 4.02. The summed E-state index contributed by atoms with van der Waals surface area (Å²) in [6, 6.07) is 12.1. The molecule has 37 heavy (non-hydrogen) atoms. The van der Waals surface area contributed by atoms with Crippen LogP contribution in [-0.2, 0) is 22.4 Å². The zero-order chi connectivity index (χ0) is 26.6. The number of para-hydroxylation sites is 2. The summed E-state index contributed by atoms with van der Waals surface area (Å²) in [6.07, 6.45) is 2.78. The summed E-state index contributed by atoms with van der Waals surface area (Å²) in [4.78, 5) is 26.7. The smallest absolute Gasteiger partial charge is 0.305 e. The van der Waals surface area contributed by atoms with Gasteiger partial charge in [0.2, 0.25) is 0 Å². The molecule has 1 atom stereocenters. The number of ether oxygens (including phenoxy) is 3. The Morgan fingerprint density at radius 2 is 1.84 bits per heavy atom. The van der Waals surface area contributed by atoms with Crippen molar-refractivity contribution in [2.75, 3.05) is 51.4 Å². The topological polar surface area (TPSA) is 89.1 Å². The first-order chi connectivity index (χ1) is 18.0. The highest BCUT2D eigenvalue weighted by molar-refractivity contribution is 6.01. The van der Waals surface area contributed by atoms with E-state index in [4.69, 9.17) is 14.2 Å². The molecule has 1 unspecified atom stereocenters. The summed E-state index contributed by atoms with van der Waals surface area (Å²) in [6.45, 7) is 9.71. The van der Waals surface area contributed by atoms with Crippen LogP contribution < -0.4 is 25.0 Å². The molecule has 8 heteroatoms. The van der Waals surface area contributed by atoms with Gasteiger partial charge in [-0.3, -0.25) is 9.59 Å². The van der Waals surface area contributed by atoms with Crippen LogP contribution in [0.2, 0.25) is 0 Å².